The van der Waals surface area contributed by atoms with Crippen LogP contribution in [0.4, 0.5) is 0 Å². The third-order valence-electron chi connectivity index (χ3n) is 6.59. The molecule has 36 heavy (non-hydrogen) atoms. The number of aliphatic hydroxyl groups excluding tert-OH is 2. The van der Waals surface area contributed by atoms with E-state index in [-0.39, 0.29) is 23.8 Å². The number of aryl methyl sites for hydroxylation is 1. The number of amides is 1. The first-order valence-electron chi connectivity index (χ1n) is 12.1. The zero-order chi connectivity index (χ0) is 25.7. The summed E-state index contributed by atoms with van der Waals surface area (Å²) in [4.78, 5) is 13.5. The summed E-state index contributed by atoms with van der Waals surface area (Å²) in [5, 5.41) is 24.3. The summed E-state index contributed by atoms with van der Waals surface area (Å²) in [6.45, 7) is 1.65. The highest BCUT2D eigenvalue weighted by molar-refractivity contribution is 7.89. The summed E-state index contributed by atoms with van der Waals surface area (Å²) in [7, 11) is -3.79. The molecular weight excluding hydrogens is 476 g/mol. The lowest BCUT2D eigenvalue weighted by atomic mass is 9.92. The summed E-state index contributed by atoms with van der Waals surface area (Å²) >= 11 is 0. The number of nitrogens with one attached hydrogen (secondary N) is 2. The number of hydrogen-bond donors (Lipinski definition) is 4. The van der Waals surface area contributed by atoms with Gasteiger partial charge in [0, 0.05) is 18.9 Å². The molecule has 0 bridgehead atoms. The maximum absolute atomic E-state index is 13.4. The molecule has 1 amide bonds. The second-order valence-corrected chi connectivity index (χ2v) is 11.2. The van der Waals surface area contributed by atoms with Crippen molar-refractivity contribution in [2.75, 3.05) is 6.54 Å². The molecule has 0 aromatic heterocycles. The largest absolute Gasteiger partial charge is 0.392 e. The zero-order valence-electron chi connectivity index (χ0n) is 20.2. The van der Waals surface area contributed by atoms with Crippen LogP contribution in [-0.4, -0.2) is 43.3 Å². The molecule has 0 radical (unpaired) electrons. The molecular formula is C28H32N2O5S. The number of hydrogen-bond acceptors (Lipinski definition) is 5. The molecule has 7 nitrogen and oxygen atoms in total. The van der Waals surface area contributed by atoms with E-state index in [1.54, 1.807) is 12.1 Å². The molecule has 0 saturated heterocycles. The van der Waals surface area contributed by atoms with E-state index in [0.29, 0.717) is 12.8 Å². The number of carbonyl (C=O) groups excluding carboxylic acids is 1. The molecule has 1 aliphatic carbocycles. The van der Waals surface area contributed by atoms with Crippen molar-refractivity contribution in [3.05, 3.63) is 101 Å². The van der Waals surface area contributed by atoms with Crippen molar-refractivity contribution in [2.45, 2.75) is 49.3 Å². The Bertz CT molecular complexity index is 1280. The van der Waals surface area contributed by atoms with Gasteiger partial charge < -0.3 is 15.5 Å². The van der Waals surface area contributed by atoms with Crippen molar-refractivity contribution in [2.24, 2.45) is 5.92 Å². The van der Waals surface area contributed by atoms with Crippen LogP contribution >= 0.6 is 0 Å². The van der Waals surface area contributed by atoms with Crippen LogP contribution in [0.1, 0.15) is 34.7 Å². The maximum atomic E-state index is 13.4. The minimum absolute atomic E-state index is 0.0572. The Morgan fingerprint density at radius 1 is 1.00 bits per heavy atom. The second-order valence-electron chi connectivity index (χ2n) is 9.40. The molecule has 4 unspecified atom stereocenters. The lowest BCUT2D eigenvalue weighted by Crippen LogP contribution is -2.41. The van der Waals surface area contributed by atoms with Crippen LogP contribution in [0.5, 0.6) is 0 Å². The van der Waals surface area contributed by atoms with Crippen molar-refractivity contribution >= 4 is 15.9 Å². The molecule has 0 saturated carbocycles. The van der Waals surface area contributed by atoms with Gasteiger partial charge in [0.2, 0.25) is 15.9 Å². The van der Waals surface area contributed by atoms with Gasteiger partial charge in [0.1, 0.15) is 0 Å². The van der Waals surface area contributed by atoms with Gasteiger partial charge >= 0.3 is 0 Å². The number of rotatable bonds is 10. The number of aliphatic hydroxyl groups is 2. The van der Waals surface area contributed by atoms with Crippen molar-refractivity contribution in [1.29, 1.82) is 0 Å². The fourth-order valence-electron chi connectivity index (χ4n) is 4.62. The highest BCUT2D eigenvalue weighted by atomic mass is 32.2. The molecule has 4 atom stereocenters. The molecule has 4 rings (SSSR count). The lowest BCUT2D eigenvalue weighted by molar-refractivity contribution is -0.127. The maximum Gasteiger partial charge on any atom is 0.240 e. The standard InChI is InChI=1S/C28H32N2O5S/c1-19-11-13-24(14-12-19)36(34,35)29-18-23(31)16-22(15-20-7-3-2-4-8-20)28(33)30-27-25-10-6-5-9-21(25)17-26(27)32/h2-14,22-23,26-27,29,31-32H,15-18H2,1H3,(H,30,33). The van der Waals surface area contributed by atoms with E-state index >= 15 is 0 Å². The van der Waals surface area contributed by atoms with Crippen molar-refractivity contribution in [3.63, 3.8) is 0 Å². The fourth-order valence-corrected chi connectivity index (χ4v) is 5.69. The van der Waals surface area contributed by atoms with Crippen LogP contribution in [0.15, 0.2) is 83.8 Å². The Morgan fingerprint density at radius 2 is 1.67 bits per heavy atom. The third-order valence-corrected chi connectivity index (χ3v) is 8.03. The number of benzene rings is 3. The Morgan fingerprint density at radius 3 is 2.39 bits per heavy atom. The van der Waals surface area contributed by atoms with E-state index in [9.17, 15) is 23.4 Å². The summed E-state index contributed by atoms with van der Waals surface area (Å²) in [5.74, 6) is -0.911. The normalized spacial score (nSPS) is 18.9. The third kappa shape index (κ3) is 6.39. The second kappa shape index (κ2) is 11.3. The van der Waals surface area contributed by atoms with Gasteiger partial charge in [0.25, 0.3) is 0 Å². The first-order valence-corrected chi connectivity index (χ1v) is 13.6. The summed E-state index contributed by atoms with van der Waals surface area (Å²) < 4.78 is 27.7. The summed E-state index contributed by atoms with van der Waals surface area (Å²) in [5.41, 5.74) is 3.76. The van der Waals surface area contributed by atoms with E-state index in [0.717, 1.165) is 22.3 Å². The van der Waals surface area contributed by atoms with Crippen molar-refractivity contribution in [3.8, 4) is 0 Å². The van der Waals surface area contributed by atoms with Crippen molar-refractivity contribution in [1.82, 2.24) is 10.0 Å². The molecule has 4 N–H and O–H groups in total. The van der Waals surface area contributed by atoms with Crippen molar-refractivity contribution < 1.29 is 23.4 Å². The number of carbonyl (C=O) groups is 1. The molecule has 3 aromatic carbocycles. The van der Waals surface area contributed by atoms with Gasteiger partial charge in [0.15, 0.2) is 0 Å². The molecule has 0 heterocycles. The number of fused-ring (bicyclic) bond motifs is 1. The Hall–Kier alpha value is -3.04. The van der Waals surface area contributed by atoms with Crippen LogP contribution in [0.3, 0.4) is 0 Å². The average molecular weight is 509 g/mol. The predicted molar refractivity (Wildman–Crippen MR) is 138 cm³/mol. The fraction of sp³-hybridized carbons (Fsp3) is 0.321. The first kappa shape index (κ1) is 26.0. The first-order chi connectivity index (χ1) is 17.2. The minimum Gasteiger partial charge on any atom is -0.392 e. The molecule has 8 heteroatoms. The lowest BCUT2D eigenvalue weighted by Gasteiger charge is -2.24. The molecule has 3 aromatic rings. The van der Waals surface area contributed by atoms with Gasteiger partial charge in [-0.2, -0.15) is 0 Å². The summed E-state index contributed by atoms with van der Waals surface area (Å²) in [6, 6.07) is 23.0. The highest BCUT2D eigenvalue weighted by Gasteiger charge is 2.34. The van der Waals surface area contributed by atoms with Gasteiger partial charge in [-0.3, -0.25) is 4.79 Å². The van der Waals surface area contributed by atoms with E-state index in [1.807, 2.05) is 61.5 Å². The Labute approximate surface area is 212 Å². The van der Waals surface area contributed by atoms with Gasteiger partial charge in [-0.1, -0.05) is 72.3 Å². The smallest absolute Gasteiger partial charge is 0.240 e. The molecule has 190 valence electrons. The van der Waals surface area contributed by atoms with Crippen LogP contribution in [0.25, 0.3) is 0 Å². The quantitative estimate of drug-likeness (QED) is 0.336. The SMILES string of the molecule is Cc1ccc(S(=O)(=O)NCC(O)CC(Cc2ccccc2)C(=O)NC2c3ccccc3CC2O)cc1. The van der Waals surface area contributed by atoms with Gasteiger partial charge in [-0.05, 0) is 48.6 Å². The van der Waals surface area contributed by atoms with Crippen LogP contribution in [-0.2, 0) is 27.7 Å². The average Bonchev–Trinajstić information content (AvgIpc) is 3.18. The van der Waals surface area contributed by atoms with E-state index in [4.69, 9.17) is 0 Å². The van der Waals surface area contributed by atoms with Gasteiger partial charge in [-0.15, -0.1) is 0 Å². The number of sulfonamides is 1. The van der Waals surface area contributed by atoms with E-state index in [1.165, 1.54) is 12.1 Å². The topological polar surface area (TPSA) is 116 Å². The Kier molecular flexibility index (Phi) is 8.21. The monoisotopic (exact) mass is 508 g/mol. The Balaban J connectivity index is 1.44. The molecule has 0 spiro atoms. The highest BCUT2D eigenvalue weighted by Crippen LogP contribution is 2.32. The van der Waals surface area contributed by atoms with Crippen LogP contribution in [0.2, 0.25) is 0 Å². The zero-order valence-corrected chi connectivity index (χ0v) is 21.0. The molecule has 0 fully saturated rings. The predicted octanol–water partition coefficient (Wildman–Crippen LogP) is 2.66. The van der Waals surface area contributed by atoms with Gasteiger partial charge in [-0.25, -0.2) is 13.1 Å². The van der Waals surface area contributed by atoms with Crippen LogP contribution < -0.4 is 10.0 Å². The minimum atomic E-state index is -3.79. The van der Waals surface area contributed by atoms with Gasteiger partial charge in [0.05, 0.1) is 23.1 Å². The van der Waals surface area contributed by atoms with E-state index < -0.39 is 34.2 Å². The molecule has 0 aliphatic heterocycles. The van der Waals surface area contributed by atoms with Crippen LogP contribution in [0, 0.1) is 12.8 Å². The summed E-state index contributed by atoms with van der Waals surface area (Å²) in [6.07, 6.45) is -0.908. The molecule has 1 aliphatic rings. The van der Waals surface area contributed by atoms with E-state index in [2.05, 4.69) is 10.0 Å².